The first-order chi connectivity index (χ1) is 12.5. The van der Waals surface area contributed by atoms with Crippen molar-refractivity contribution in [3.63, 3.8) is 0 Å². The SMILES string of the molecule is Cc1ccc(-c2ccsc2C(=O)N/N=C\c2ccc(N(C)C)cc2)cc1. The Morgan fingerprint density at radius 1 is 1.04 bits per heavy atom. The summed E-state index contributed by atoms with van der Waals surface area (Å²) in [4.78, 5) is 15.2. The van der Waals surface area contributed by atoms with Crippen LogP contribution in [0.25, 0.3) is 11.1 Å². The number of aryl methyl sites for hydroxylation is 1. The molecule has 0 aliphatic carbocycles. The smallest absolute Gasteiger partial charge is 0.282 e. The van der Waals surface area contributed by atoms with Crippen molar-refractivity contribution in [3.05, 3.63) is 76.0 Å². The van der Waals surface area contributed by atoms with E-state index in [4.69, 9.17) is 0 Å². The van der Waals surface area contributed by atoms with E-state index in [0.29, 0.717) is 4.88 Å². The van der Waals surface area contributed by atoms with E-state index in [1.807, 2.05) is 85.9 Å². The normalized spacial score (nSPS) is 10.9. The Morgan fingerprint density at radius 3 is 2.38 bits per heavy atom. The Morgan fingerprint density at radius 2 is 1.73 bits per heavy atom. The van der Waals surface area contributed by atoms with Crippen molar-refractivity contribution in [2.75, 3.05) is 19.0 Å². The summed E-state index contributed by atoms with van der Waals surface area (Å²) in [6.45, 7) is 2.05. The van der Waals surface area contributed by atoms with Crippen LogP contribution in [0.3, 0.4) is 0 Å². The van der Waals surface area contributed by atoms with Crippen LogP contribution in [0.2, 0.25) is 0 Å². The number of carbonyl (C=O) groups is 1. The van der Waals surface area contributed by atoms with Crippen LogP contribution in [0.1, 0.15) is 20.8 Å². The number of carbonyl (C=O) groups excluding carboxylic acids is 1. The van der Waals surface area contributed by atoms with Crippen LogP contribution < -0.4 is 10.3 Å². The van der Waals surface area contributed by atoms with Crippen molar-refractivity contribution in [2.45, 2.75) is 6.92 Å². The number of nitrogens with one attached hydrogen (secondary N) is 1. The van der Waals surface area contributed by atoms with E-state index in [1.165, 1.54) is 16.9 Å². The predicted molar refractivity (Wildman–Crippen MR) is 110 cm³/mol. The molecule has 26 heavy (non-hydrogen) atoms. The number of nitrogens with zero attached hydrogens (tertiary/aromatic N) is 2. The van der Waals surface area contributed by atoms with Crippen LogP contribution in [0.4, 0.5) is 5.69 Å². The number of rotatable bonds is 5. The zero-order valence-corrected chi connectivity index (χ0v) is 15.9. The van der Waals surface area contributed by atoms with E-state index in [9.17, 15) is 4.79 Å². The summed E-state index contributed by atoms with van der Waals surface area (Å²) in [6, 6.07) is 18.1. The largest absolute Gasteiger partial charge is 0.378 e. The van der Waals surface area contributed by atoms with Gasteiger partial charge in [0.15, 0.2) is 0 Å². The van der Waals surface area contributed by atoms with Gasteiger partial charge in [-0.05, 0) is 41.6 Å². The standard InChI is InChI=1S/C21H21N3OS/c1-15-4-8-17(9-5-15)19-12-13-26-20(19)21(25)23-22-14-16-6-10-18(11-7-16)24(2)3/h4-14H,1-3H3,(H,23,25)/b22-14-. The van der Waals surface area contributed by atoms with Gasteiger partial charge in [-0.3, -0.25) is 4.79 Å². The van der Waals surface area contributed by atoms with E-state index in [1.54, 1.807) is 6.21 Å². The molecule has 0 spiro atoms. The molecule has 0 aliphatic rings. The lowest BCUT2D eigenvalue weighted by Gasteiger charge is -2.11. The van der Waals surface area contributed by atoms with Gasteiger partial charge >= 0.3 is 0 Å². The minimum atomic E-state index is -0.197. The molecular weight excluding hydrogens is 342 g/mol. The molecule has 3 rings (SSSR count). The Labute approximate surface area is 157 Å². The van der Waals surface area contributed by atoms with Gasteiger partial charge in [0, 0.05) is 25.3 Å². The van der Waals surface area contributed by atoms with E-state index in [-0.39, 0.29) is 5.91 Å². The van der Waals surface area contributed by atoms with Gasteiger partial charge in [0.2, 0.25) is 0 Å². The minimum absolute atomic E-state index is 0.197. The van der Waals surface area contributed by atoms with Gasteiger partial charge in [-0.2, -0.15) is 5.10 Å². The molecule has 1 N–H and O–H groups in total. The lowest BCUT2D eigenvalue weighted by atomic mass is 10.1. The molecule has 1 heterocycles. The number of benzene rings is 2. The highest BCUT2D eigenvalue weighted by Crippen LogP contribution is 2.28. The van der Waals surface area contributed by atoms with Crippen molar-refractivity contribution in [2.24, 2.45) is 5.10 Å². The molecule has 0 unspecified atom stereocenters. The van der Waals surface area contributed by atoms with Gasteiger partial charge in [0.1, 0.15) is 4.88 Å². The molecule has 0 fully saturated rings. The van der Waals surface area contributed by atoms with Gasteiger partial charge in [-0.25, -0.2) is 5.43 Å². The van der Waals surface area contributed by atoms with Crippen molar-refractivity contribution in [3.8, 4) is 11.1 Å². The van der Waals surface area contributed by atoms with Gasteiger partial charge in [0.05, 0.1) is 6.21 Å². The summed E-state index contributed by atoms with van der Waals surface area (Å²) >= 11 is 1.42. The van der Waals surface area contributed by atoms with Crippen LogP contribution in [0.5, 0.6) is 0 Å². The third kappa shape index (κ3) is 4.18. The average Bonchev–Trinajstić information content (AvgIpc) is 3.12. The van der Waals surface area contributed by atoms with Crippen LogP contribution >= 0.6 is 11.3 Å². The number of hydrazone groups is 1. The van der Waals surface area contributed by atoms with E-state index in [2.05, 4.69) is 10.5 Å². The Balaban J connectivity index is 1.69. The van der Waals surface area contributed by atoms with Crippen molar-refractivity contribution >= 4 is 29.1 Å². The molecule has 4 nitrogen and oxygen atoms in total. The first-order valence-electron chi connectivity index (χ1n) is 8.30. The lowest BCUT2D eigenvalue weighted by molar-refractivity contribution is 0.0960. The second-order valence-corrected chi connectivity index (χ2v) is 7.13. The molecule has 0 aliphatic heterocycles. The summed E-state index contributed by atoms with van der Waals surface area (Å²) in [6.07, 6.45) is 1.65. The molecule has 1 amide bonds. The molecule has 0 saturated heterocycles. The zero-order chi connectivity index (χ0) is 18.5. The van der Waals surface area contributed by atoms with E-state index in [0.717, 1.165) is 22.4 Å². The molecule has 2 aromatic carbocycles. The first kappa shape index (κ1) is 17.9. The molecule has 1 aromatic heterocycles. The van der Waals surface area contributed by atoms with Crippen molar-refractivity contribution in [1.29, 1.82) is 0 Å². The van der Waals surface area contributed by atoms with Gasteiger partial charge in [-0.15, -0.1) is 11.3 Å². The second kappa shape index (κ2) is 7.97. The maximum absolute atomic E-state index is 12.5. The molecule has 0 atom stereocenters. The van der Waals surface area contributed by atoms with Gasteiger partial charge in [0.25, 0.3) is 5.91 Å². The number of anilines is 1. The van der Waals surface area contributed by atoms with Crippen LogP contribution in [-0.2, 0) is 0 Å². The van der Waals surface area contributed by atoms with Crippen LogP contribution in [0.15, 0.2) is 65.1 Å². The maximum Gasteiger partial charge on any atom is 0.282 e. The Bertz CT molecular complexity index is 909. The molecule has 0 bridgehead atoms. The third-order valence-corrected chi connectivity index (χ3v) is 4.94. The molecular formula is C21H21N3OS. The monoisotopic (exact) mass is 363 g/mol. The lowest BCUT2D eigenvalue weighted by Crippen LogP contribution is -2.17. The summed E-state index contributed by atoms with van der Waals surface area (Å²) in [7, 11) is 3.99. The second-order valence-electron chi connectivity index (χ2n) is 6.21. The molecule has 5 heteroatoms. The molecule has 0 saturated carbocycles. The molecule has 3 aromatic rings. The number of hydrogen-bond donors (Lipinski definition) is 1. The van der Waals surface area contributed by atoms with E-state index < -0.39 is 0 Å². The summed E-state index contributed by atoms with van der Waals surface area (Å²) in [5, 5.41) is 6.01. The summed E-state index contributed by atoms with van der Waals surface area (Å²) in [5.74, 6) is -0.197. The van der Waals surface area contributed by atoms with E-state index >= 15 is 0 Å². The minimum Gasteiger partial charge on any atom is -0.378 e. The number of thiophene rings is 1. The fraction of sp³-hybridized carbons (Fsp3) is 0.143. The third-order valence-electron chi connectivity index (χ3n) is 4.02. The van der Waals surface area contributed by atoms with Gasteiger partial charge < -0.3 is 4.90 Å². The average molecular weight is 363 g/mol. The highest BCUT2D eigenvalue weighted by atomic mass is 32.1. The van der Waals surface area contributed by atoms with Crippen molar-refractivity contribution in [1.82, 2.24) is 5.43 Å². The fourth-order valence-electron chi connectivity index (χ4n) is 2.52. The number of amides is 1. The first-order valence-corrected chi connectivity index (χ1v) is 9.18. The Kier molecular flexibility index (Phi) is 5.49. The topological polar surface area (TPSA) is 44.7 Å². The van der Waals surface area contributed by atoms with Crippen LogP contribution in [0, 0.1) is 6.92 Å². The highest BCUT2D eigenvalue weighted by Gasteiger charge is 2.13. The molecule has 0 radical (unpaired) electrons. The quantitative estimate of drug-likeness (QED) is 0.534. The number of hydrogen-bond acceptors (Lipinski definition) is 4. The summed E-state index contributed by atoms with van der Waals surface area (Å²) < 4.78 is 0. The predicted octanol–water partition coefficient (Wildman–Crippen LogP) is 4.55. The van der Waals surface area contributed by atoms with Crippen LogP contribution in [-0.4, -0.2) is 26.2 Å². The fourth-order valence-corrected chi connectivity index (χ4v) is 3.33. The maximum atomic E-state index is 12.5. The summed E-state index contributed by atoms with van der Waals surface area (Å²) in [5.41, 5.74) is 7.83. The Hall–Kier alpha value is -2.92. The zero-order valence-electron chi connectivity index (χ0n) is 15.1. The highest BCUT2D eigenvalue weighted by molar-refractivity contribution is 7.12. The van der Waals surface area contributed by atoms with Crippen molar-refractivity contribution < 1.29 is 4.79 Å². The van der Waals surface area contributed by atoms with Gasteiger partial charge in [-0.1, -0.05) is 42.0 Å². The molecule has 132 valence electrons.